The van der Waals surface area contributed by atoms with Crippen molar-refractivity contribution in [2.24, 2.45) is 10.9 Å². The Bertz CT molecular complexity index is 663. The lowest BCUT2D eigenvalue weighted by Gasteiger charge is -2.05. The lowest BCUT2D eigenvalue weighted by Crippen LogP contribution is -2.13. The van der Waals surface area contributed by atoms with Gasteiger partial charge < -0.3 is 10.9 Å². The normalized spacial score (nSPS) is 12.7. The summed E-state index contributed by atoms with van der Waals surface area (Å²) in [5, 5.41) is 14.6. The Morgan fingerprint density at radius 2 is 2.05 bits per heavy atom. The van der Waals surface area contributed by atoms with Crippen LogP contribution in [0.5, 0.6) is 0 Å². The van der Waals surface area contributed by atoms with E-state index in [9.17, 15) is 17.6 Å². The topological polar surface area (TPSA) is 76.4 Å². The molecule has 3 N–H and O–H groups in total. The summed E-state index contributed by atoms with van der Waals surface area (Å²) >= 11 is 0. The van der Waals surface area contributed by atoms with Gasteiger partial charge in [0.05, 0.1) is 11.8 Å². The van der Waals surface area contributed by atoms with E-state index >= 15 is 0 Å². The van der Waals surface area contributed by atoms with Gasteiger partial charge in [-0.3, -0.25) is 0 Å². The molecule has 0 amide bonds. The summed E-state index contributed by atoms with van der Waals surface area (Å²) in [6.45, 7) is 0. The average Bonchev–Trinajstić information content (AvgIpc) is 2.87. The molecule has 0 aliphatic rings. The third-order valence-corrected chi connectivity index (χ3v) is 2.51. The number of halogens is 4. The molecule has 0 unspecified atom stereocenters. The van der Waals surface area contributed by atoms with Crippen LogP contribution in [0.1, 0.15) is 11.1 Å². The number of alkyl halides is 3. The van der Waals surface area contributed by atoms with Crippen molar-refractivity contribution in [3.8, 4) is 5.69 Å². The first kappa shape index (κ1) is 13.8. The number of nitrogens with two attached hydrogens (primary N) is 1. The zero-order valence-electron chi connectivity index (χ0n) is 9.76. The summed E-state index contributed by atoms with van der Waals surface area (Å²) in [6.07, 6.45) is -3.29. The Balaban J connectivity index is 2.41. The van der Waals surface area contributed by atoms with Crippen molar-refractivity contribution in [1.82, 2.24) is 9.78 Å². The van der Waals surface area contributed by atoms with Gasteiger partial charge in [-0.05, 0) is 18.2 Å². The molecular formula is C11H8F4N4O. The SMILES string of the molecule is NC(=NO)c1ccc(-n2cc(C(F)(F)F)cn2)c(F)c1. The maximum atomic E-state index is 13.8. The highest BCUT2D eigenvalue weighted by molar-refractivity contribution is 5.97. The van der Waals surface area contributed by atoms with Gasteiger partial charge in [0.2, 0.25) is 0 Å². The summed E-state index contributed by atoms with van der Waals surface area (Å²) in [7, 11) is 0. The standard InChI is InChI=1S/C11H8F4N4O/c12-8-3-6(10(16)18-20)1-2-9(8)19-5-7(4-17-19)11(13,14)15/h1-5,20H,(H2,16,18). The number of hydrogen-bond donors (Lipinski definition) is 2. The Morgan fingerprint density at radius 1 is 1.35 bits per heavy atom. The molecular weight excluding hydrogens is 280 g/mol. The van der Waals surface area contributed by atoms with E-state index in [-0.39, 0.29) is 17.1 Å². The first-order valence-electron chi connectivity index (χ1n) is 5.22. The number of benzene rings is 1. The van der Waals surface area contributed by atoms with Crippen molar-refractivity contribution in [3.63, 3.8) is 0 Å². The van der Waals surface area contributed by atoms with Crippen LogP contribution in [0.15, 0.2) is 35.7 Å². The zero-order chi connectivity index (χ0) is 14.9. The zero-order valence-corrected chi connectivity index (χ0v) is 9.76. The van der Waals surface area contributed by atoms with Crippen molar-refractivity contribution >= 4 is 5.84 Å². The minimum absolute atomic E-state index is 0.0944. The number of hydrogen-bond acceptors (Lipinski definition) is 3. The third kappa shape index (κ3) is 2.56. The lowest BCUT2D eigenvalue weighted by atomic mass is 10.2. The van der Waals surface area contributed by atoms with Gasteiger partial charge in [0, 0.05) is 11.8 Å². The predicted octanol–water partition coefficient (Wildman–Crippen LogP) is 2.12. The van der Waals surface area contributed by atoms with Crippen LogP contribution in [0.2, 0.25) is 0 Å². The highest BCUT2D eigenvalue weighted by atomic mass is 19.4. The molecule has 0 saturated carbocycles. The van der Waals surface area contributed by atoms with Gasteiger partial charge in [0.25, 0.3) is 0 Å². The Labute approximate surface area is 109 Å². The van der Waals surface area contributed by atoms with Crippen molar-refractivity contribution in [2.75, 3.05) is 0 Å². The van der Waals surface area contributed by atoms with Gasteiger partial charge >= 0.3 is 6.18 Å². The van der Waals surface area contributed by atoms with Crippen LogP contribution in [-0.4, -0.2) is 20.8 Å². The minimum atomic E-state index is -4.55. The van der Waals surface area contributed by atoms with E-state index in [1.807, 2.05) is 0 Å². The quantitative estimate of drug-likeness (QED) is 0.292. The molecule has 0 saturated heterocycles. The number of amidine groups is 1. The van der Waals surface area contributed by atoms with Crippen LogP contribution >= 0.6 is 0 Å². The van der Waals surface area contributed by atoms with E-state index in [1.54, 1.807) is 0 Å². The fraction of sp³-hybridized carbons (Fsp3) is 0.0909. The van der Waals surface area contributed by atoms with E-state index in [1.165, 1.54) is 12.1 Å². The molecule has 1 heterocycles. The highest BCUT2D eigenvalue weighted by Crippen LogP contribution is 2.29. The van der Waals surface area contributed by atoms with E-state index in [2.05, 4.69) is 10.3 Å². The summed E-state index contributed by atoms with van der Waals surface area (Å²) < 4.78 is 51.8. The largest absolute Gasteiger partial charge is 0.419 e. The maximum Gasteiger partial charge on any atom is 0.419 e. The van der Waals surface area contributed by atoms with Gasteiger partial charge in [0.15, 0.2) is 5.84 Å². The maximum absolute atomic E-state index is 13.8. The second-order valence-corrected chi connectivity index (χ2v) is 3.82. The second-order valence-electron chi connectivity index (χ2n) is 3.82. The number of nitrogens with zero attached hydrogens (tertiary/aromatic N) is 3. The van der Waals surface area contributed by atoms with Gasteiger partial charge in [-0.1, -0.05) is 5.16 Å². The minimum Gasteiger partial charge on any atom is -0.409 e. The van der Waals surface area contributed by atoms with Gasteiger partial charge in [-0.25, -0.2) is 9.07 Å². The van der Waals surface area contributed by atoms with Gasteiger partial charge in [0.1, 0.15) is 11.5 Å². The van der Waals surface area contributed by atoms with Crippen LogP contribution in [0.4, 0.5) is 17.6 Å². The predicted molar refractivity (Wildman–Crippen MR) is 61.0 cm³/mol. The van der Waals surface area contributed by atoms with Gasteiger partial charge in [-0.2, -0.15) is 18.3 Å². The fourth-order valence-electron chi connectivity index (χ4n) is 1.51. The van der Waals surface area contributed by atoms with Crippen molar-refractivity contribution < 1.29 is 22.8 Å². The lowest BCUT2D eigenvalue weighted by molar-refractivity contribution is -0.137. The highest BCUT2D eigenvalue weighted by Gasteiger charge is 2.32. The number of rotatable bonds is 2. The molecule has 0 fully saturated rings. The molecule has 0 spiro atoms. The number of aromatic nitrogens is 2. The molecule has 0 bridgehead atoms. The second kappa shape index (κ2) is 4.83. The van der Waals surface area contributed by atoms with Crippen LogP contribution < -0.4 is 5.73 Å². The van der Waals surface area contributed by atoms with Gasteiger partial charge in [-0.15, -0.1) is 0 Å². The van der Waals surface area contributed by atoms with Crippen molar-refractivity contribution in [1.29, 1.82) is 0 Å². The Morgan fingerprint density at radius 3 is 2.55 bits per heavy atom. The monoisotopic (exact) mass is 288 g/mol. The molecule has 1 aromatic heterocycles. The van der Waals surface area contributed by atoms with E-state index in [0.717, 1.165) is 10.7 Å². The molecule has 0 aliphatic heterocycles. The summed E-state index contributed by atoms with van der Waals surface area (Å²) in [5.41, 5.74) is 4.20. The average molecular weight is 288 g/mol. The molecule has 9 heteroatoms. The van der Waals surface area contributed by atoms with E-state index < -0.39 is 17.6 Å². The van der Waals surface area contributed by atoms with E-state index in [0.29, 0.717) is 12.4 Å². The van der Waals surface area contributed by atoms with Crippen molar-refractivity contribution in [3.05, 3.63) is 47.5 Å². The molecule has 2 rings (SSSR count). The first-order valence-corrected chi connectivity index (χ1v) is 5.22. The third-order valence-electron chi connectivity index (χ3n) is 2.51. The summed E-state index contributed by atoms with van der Waals surface area (Å²) in [5.74, 6) is -1.17. The summed E-state index contributed by atoms with van der Waals surface area (Å²) in [4.78, 5) is 0. The molecule has 2 aromatic rings. The molecule has 5 nitrogen and oxygen atoms in total. The molecule has 1 aromatic carbocycles. The Hall–Kier alpha value is -2.58. The van der Waals surface area contributed by atoms with E-state index in [4.69, 9.17) is 10.9 Å². The molecule has 106 valence electrons. The fourth-order valence-corrected chi connectivity index (χ4v) is 1.51. The molecule has 0 aliphatic carbocycles. The Kier molecular flexibility index (Phi) is 3.35. The van der Waals surface area contributed by atoms with Crippen LogP contribution in [0.3, 0.4) is 0 Å². The van der Waals surface area contributed by atoms with Crippen molar-refractivity contribution in [2.45, 2.75) is 6.18 Å². The molecule has 0 radical (unpaired) electrons. The molecule has 0 atom stereocenters. The summed E-state index contributed by atoms with van der Waals surface area (Å²) in [6, 6.07) is 3.40. The first-order chi connectivity index (χ1) is 9.32. The smallest absolute Gasteiger partial charge is 0.409 e. The van der Waals surface area contributed by atoms with Crippen LogP contribution in [0.25, 0.3) is 5.69 Å². The van der Waals surface area contributed by atoms with Crippen LogP contribution in [-0.2, 0) is 6.18 Å². The van der Waals surface area contributed by atoms with Crippen LogP contribution in [0, 0.1) is 5.82 Å². The molecule has 20 heavy (non-hydrogen) atoms. The number of oxime groups is 1.